The maximum atomic E-state index is 12.4. The molecular formula is C18H14ClN3O4. The van der Waals surface area contributed by atoms with Gasteiger partial charge in [-0.2, -0.15) is 5.10 Å². The minimum atomic E-state index is -1.22. The number of H-pyrrole nitrogens is 1. The highest BCUT2D eigenvalue weighted by atomic mass is 35.5. The first-order valence-corrected chi connectivity index (χ1v) is 7.96. The van der Waals surface area contributed by atoms with Gasteiger partial charge in [-0.15, -0.1) is 0 Å². The number of carboxylic acids is 1. The number of carboxylic acid groups (broad SMARTS) is 1. The van der Waals surface area contributed by atoms with Crippen LogP contribution in [0.25, 0.3) is 11.3 Å². The van der Waals surface area contributed by atoms with Gasteiger partial charge in [0.05, 0.1) is 5.69 Å². The van der Waals surface area contributed by atoms with Crippen LogP contribution < -0.4 is 5.32 Å². The van der Waals surface area contributed by atoms with E-state index in [4.69, 9.17) is 11.6 Å². The van der Waals surface area contributed by atoms with Crippen molar-refractivity contribution in [3.63, 3.8) is 0 Å². The van der Waals surface area contributed by atoms with Crippen molar-refractivity contribution in [2.24, 2.45) is 0 Å². The molecule has 3 rings (SSSR count). The molecule has 0 aliphatic heterocycles. The Morgan fingerprint density at radius 3 is 2.35 bits per heavy atom. The predicted molar refractivity (Wildman–Crippen MR) is 95.0 cm³/mol. The SMILES string of the molecule is O=C(N[C@H](C(=O)O)c1ccc(Cl)cc1)c1cc(-c2ccc(O)cc2)n[nH]1. The Labute approximate surface area is 153 Å². The van der Waals surface area contributed by atoms with Gasteiger partial charge < -0.3 is 15.5 Å². The molecule has 26 heavy (non-hydrogen) atoms. The van der Waals surface area contributed by atoms with Crippen molar-refractivity contribution in [3.05, 3.63) is 70.9 Å². The Morgan fingerprint density at radius 2 is 1.73 bits per heavy atom. The van der Waals surface area contributed by atoms with Gasteiger partial charge in [0.1, 0.15) is 11.4 Å². The van der Waals surface area contributed by atoms with Crippen LogP contribution in [0.2, 0.25) is 5.02 Å². The number of nitrogens with zero attached hydrogens (tertiary/aromatic N) is 1. The molecule has 0 unspecified atom stereocenters. The van der Waals surface area contributed by atoms with E-state index in [0.29, 0.717) is 21.8 Å². The number of aromatic hydroxyl groups is 1. The average Bonchev–Trinajstić information content (AvgIpc) is 3.11. The van der Waals surface area contributed by atoms with Gasteiger partial charge in [-0.25, -0.2) is 4.79 Å². The van der Waals surface area contributed by atoms with Crippen LogP contribution in [0.5, 0.6) is 5.75 Å². The maximum absolute atomic E-state index is 12.4. The number of nitrogens with one attached hydrogen (secondary N) is 2. The van der Waals surface area contributed by atoms with E-state index in [1.807, 2.05) is 0 Å². The molecule has 8 heteroatoms. The molecule has 2 aromatic carbocycles. The molecule has 4 N–H and O–H groups in total. The van der Waals surface area contributed by atoms with Gasteiger partial charge in [0, 0.05) is 10.6 Å². The van der Waals surface area contributed by atoms with Crippen LogP contribution in [0.3, 0.4) is 0 Å². The molecule has 1 atom stereocenters. The third-order valence-corrected chi connectivity index (χ3v) is 3.96. The molecular weight excluding hydrogens is 358 g/mol. The van der Waals surface area contributed by atoms with Crippen molar-refractivity contribution in [1.82, 2.24) is 15.5 Å². The van der Waals surface area contributed by atoms with Crippen molar-refractivity contribution in [2.45, 2.75) is 6.04 Å². The lowest BCUT2D eigenvalue weighted by Crippen LogP contribution is -2.33. The van der Waals surface area contributed by atoms with Crippen LogP contribution in [0.15, 0.2) is 54.6 Å². The average molecular weight is 372 g/mol. The Balaban J connectivity index is 1.79. The molecule has 0 fully saturated rings. The summed E-state index contributed by atoms with van der Waals surface area (Å²) in [6.45, 7) is 0. The summed E-state index contributed by atoms with van der Waals surface area (Å²) in [5, 5.41) is 28.3. The number of hydrogen-bond acceptors (Lipinski definition) is 4. The van der Waals surface area contributed by atoms with Crippen LogP contribution in [0.1, 0.15) is 22.1 Å². The van der Waals surface area contributed by atoms with E-state index >= 15 is 0 Å². The van der Waals surface area contributed by atoms with Gasteiger partial charge in [-0.1, -0.05) is 23.7 Å². The van der Waals surface area contributed by atoms with Crippen LogP contribution in [0, 0.1) is 0 Å². The van der Waals surface area contributed by atoms with E-state index in [-0.39, 0.29) is 11.4 Å². The number of hydrogen-bond donors (Lipinski definition) is 4. The molecule has 0 aliphatic rings. The van der Waals surface area contributed by atoms with Crippen LogP contribution in [-0.2, 0) is 4.79 Å². The normalized spacial score (nSPS) is 11.7. The number of aromatic nitrogens is 2. The number of phenolic OH excluding ortho intramolecular Hbond substituents is 1. The monoisotopic (exact) mass is 371 g/mol. The van der Waals surface area contributed by atoms with E-state index in [0.717, 1.165) is 0 Å². The number of rotatable bonds is 5. The first-order chi connectivity index (χ1) is 12.4. The molecule has 0 saturated carbocycles. The Morgan fingerprint density at radius 1 is 1.08 bits per heavy atom. The molecule has 0 bridgehead atoms. The predicted octanol–water partition coefficient (Wildman–Crippen LogP) is 2.99. The lowest BCUT2D eigenvalue weighted by atomic mass is 10.1. The minimum absolute atomic E-state index is 0.119. The molecule has 0 saturated heterocycles. The largest absolute Gasteiger partial charge is 0.508 e. The molecule has 1 heterocycles. The van der Waals surface area contributed by atoms with Gasteiger partial charge >= 0.3 is 5.97 Å². The summed E-state index contributed by atoms with van der Waals surface area (Å²) in [4.78, 5) is 23.9. The number of aliphatic carboxylic acids is 1. The molecule has 3 aromatic rings. The molecule has 0 radical (unpaired) electrons. The standard InChI is InChI=1S/C18H14ClN3O4/c19-12-5-1-11(2-6-12)16(18(25)26)20-17(24)15-9-14(21-22-15)10-3-7-13(23)8-4-10/h1-9,16,23H,(H,20,24)(H,21,22)(H,25,26)/t16-/m0/s1. The first kappa shape index (κ1) is 17.5. The zero-order valence-corrected chi connectivity index (χ0v) is 14.1. The summed E-state index contributed by atoms with van der Waals surface area (Å²) in [7, 11) is 0. The molecule has 1 aromatic heterocycles. The van der Waals surface area contributed by atoms with E-state index in [1.165, 1.54) is 30.3 Å². The van der Waals surface area contributed by atoms with Crippen molar-refractivity contribution in [2.75, 3.05) is 0 Å². The fourth-order valence-corrected chi connectivity index (χ4v) is 2.50. The minimum Gasteiger partial charge on any atom is -0.508 e. The van der Waals surface area contributed by atoms with Gasteiger partial charge in [0.15, 0.2) is 6.04 Å². The summed E-state index contributed by atoms with van der Waals surface area (Å²) >= 11 is 5.80. The fourth-order valence-electron chi connectivity index (χ4n) is 2.37. The quantitative estimate of drug-likeness (QED) is 0.550. The maximum Gasteiger partial charge on any atom is 0.330 e. The second-order valence-electron chi connectivity index (χ2n) is 5.51. The molecule has 0 spiro atoms. The first-order valence-electron chi connectivity index (χ1n) is 7.58. The van der Waals surface area contributed by atoms with Crippen LogP contribution >= 0.6 is 11.6 Å². The molecule has 132 valence electrons. The molecule has 0 aliphatic carbocycles. The Hall–Kier alpha value is -3.32. The highest BCUT2D eigenvalue weighted by Gasteiger charge is 2.23. The second kappa shape index (κ2) is 7.28. The van der Waals surface area contributed by atoms with Crippen molar-refractivity contribution in [1.29, 1.82) is 0 Å². The summed E-state index contributed by atoms with van der Waals surface area (Å²) in [5.41, 5.74) is 1.71. The highest BCUT2D eigenvalue weighted by molar-refractivity contribution is 6.30. The summed E-state index contributed by atoms with van der Waals surface area (Å²) in [6.07, 6.45) is 0. The molecule has 7 nitrogen and oxygen atoms in total. The van der Waals surface area contributed by atoms with Gasteiger partial charge in [0.2, 0.25) is 0 Å². The summed E-state index contributed by atoms with van der Waals surface area (Å²) in [5.74, 6) is -1.68. The zero-order valence-electron chi connectivity index (χ0n) is 13.3. The Kier molecular flexibility index (Phi) is 4.90. The molecule has 1 amide bonds. The second-order valence-corrected chi connectivity index (χ2v) is 5.95. The number of amides is 1. The zero-order chi connectivity index (χ0) is 18.7. The summed E-state index contributed by atoms with van der Waals surface area (Å²) in [6, 6.07) is 12.8. The highest BCUT2D eigenvalue weighted by Crippen LogP contribution is 2.21. The van der Waals surface area contributed by atoms with E-state index in [9.17, 15) is 19.8 Å². The number of halogens is 1. The fraction of sp³-hybridized carbons (Fsp3) is 0.0556. The summed E-state index contributed by atoms with van der Waals surface area (Å²) < 4.78 is 0. The topological polar surface area (TPSA) is 115 Å². The van der Waals surface area contributed by atoms with E-state index in [2.05, 4.69) is 15.5 Å². The number of benzene rings is 2. The number of phenols is 1. The van der Waals surface area contributed by atoms with Gasteiger partial charge in [0.25, 0.3) is 5.91 Å². The van der Waals surface area contributed by atoms with Crippen molar-refractivity contribution < 1.29 is 19.8 Å². The third-order valence-electron chi connectivity index (χ3n) is 3.71. The van der Waals surface area contributed by atoms with E-state index in [1.54, 1.807) is 24.3 Å². The van der Waals surface area contributed by atoms with Crippen LogP contribution in [0.4, 0.5) is 0 Å². The van der Waals surface area contributed by atoms with Crippen LogP contribution in [-0.4, -0.2) is 32.3 Å². The van der Waals surface area contributed by atoms with Crippen molar-refractivity contribution in [3.8, 4) is 17.0 Å². The Bertz CT molecular complexity index is 936. The lowest BCUT2D eigenvalue weighted by Gasteiger charge is -2.14. The van der Waals surface area contributed by atoms with E-state index < -0.39 is 17.9 Å². The lowest BCUT2D eigenvalue weighted by molar-refractivity contribution is -0.139. The third kappa shape index (κ3) is 3.84. The number of carbonyl (C=O) groups is 2. The number of carbonyl (C=O) groups excluding carboxylic acids is 1. The smallest absolute Gasteiger partial charge is 0.330 e. The van der Waals surface area contributed by atoms with Crippen molar-refractivity contribution >= 4 is 23.5 Å². The van der Waals surface area contributed by atoms with Gasteiger partial charge in [-0.3, -0.25) is 9.89 Å². The van der Waals surface area contributed by atoms with Gasteiger partial charge in [-0.05, 0) is 48.0 Å². The number of aromatic amines is 1.